The van der Waals surface area contributed by atoms with Crippen molar-refractivity contribution in [2.24, 2.45) is 0 Å². The summed E-state index contributed by atoms with van der Waals surface area (Å²) in [5.74, 6) is -0.529. The summed E-state index contributed by atoms with van der Waals surface area (Å²) in [4.78, 5) is 18.5. The first-order chi connectivity index (χ1) is 8.61. The zero-order chi connectivity index (χ0) is 13.1. The van der Waals surface area contributed by atoms with Crippen molar-refractivity contribution in [2.45, 2.75) is 0 Å². The molecule has 7 heteroatoms. The van der Waals surface area contributed by atoms with E-state index >= 15 is 0 Å². The van der Waals surface area contributed by atoms with E-state index in [-0.39, 0.29) is 16.7 Å². The predicted octanol–water partition coefficient (Wildman–Crippen LogP) is 0.515. The van der Waals surface area contributed by atoms with Crippen LogP contribution in [0.25, 0.3) is 0 Å². The lowest BCUT2D eigenvalue weighted by atomic mass is 10.3. The van der Waals surface area contributed by atoms with E-state index in [1.54, 1.807) is 9.80 Å². The Balaban J connectivity index is 2.03. The quantitative estimate of drug-likeness (QED) is 0.853. The molecule has 2 heterocycles. The highest BCUT2D eigenvalue weighted by Gasteiger charge is 2.23. The summed E-state index contributed by atoms with van der Waals surface area (Å²) in [7, 11) is 0. The lowest BCUT2D eigenvalue weighted by Gasteiger charge is -2.35. The first kappa shape index (κ1) is 13.0. The van der Waals surface area contributed by atoms with E-state index in [4.69, 9.17) is 16.7 Å². The summed E-state index contributed by atoms with van der Waals surface area (Å²) in [5.41, 5.74) is 0. The molecule has 2 rings (SSSR count). The summed E-state index contributed by atoms with van der Waals surface area (Å²) < 4.78 is 13.6. The molecular weight excluding hydrogens is 261 g/mol. The molecule has 0 saturated carbocycles. The maximum Gasteiger partial charge on any atom is 0.248 e. The van der Waals surface area contributed by atoms with E-state index in [0.29, 0.717) is 26.2 Å². The van der Waals surface area contributed by atoms with Gasteiger partial charge in [0.1, 0.15) is 6.61 Å². The van der Waals surface area contributed by atoms with Crippen molar-refractivity contribution in [3.05, 3.63) is 23.1 Å². The van der Waals surface area contributed by atoms with Crippen LogP contribution in [0.2, 0.25) is 5.02 Å². The number of anilines is 1. The van der Waals surface area contributed by atoms with Gasteiger partial charge in [-0.05, 0) is 6.07 Å². The van der Waals surface area contributed by atoms with Gasteiger partial charge in [0.15, 0.2) is 11.6 Å². The summed E-state index contributed by atoms with van der Waals surface area (Å²) in [5, 5.41) is 9.01. The monoisotopic (exact) mass is 273 g/mol. The minimum atomic E-state index is -0.493. The third-order valence-corrected chi connectivity index (χ3v) is 3.06. The van der Waals surface area contributed by atoms with Gasteiger partial charge in [-0.15, -0.1) is 0 Å². The minimum Gasteiger partial charge on any atom is -0.387 e. The van der Waals surface area contributed by atoms with Gasteiger partial charge in [0.25, 0.3) is 0 Å². The third-order valence-electron chi connectivity index (χ3n) is 2.86. The molecule has 0 aliphatic carbocycles. The smallest absolute Gasteiger partial charge is 0.248 e. The molecule has 1 aliphatic rings. The Morgan fingerprint density at radius 3 is 2.67 bits per heavy atom. The van der Waals surface area contributed by atoms with Crippen molar-refractivity contribution in [1.29, 1.82) is 0 Å². The molecule has 1 fully saturated rings. The number of pyridine rings is 1. The van der Waals surface area contributed by atoms with Crippen molar-refractivity contribution >= 4 is 23.3 Å². The largest absolute Gasteiger partial charge is 0.387 e. The highest BCUT2D eigenvalue weighted by Crippen LogP contribution is 2.20. The summed E-state index contributed by atoms with van der Waals surface area (Å²) in [6.07, 6.45) is 1.39. The van der Waals surface area contributed by atoms with E-state index in [1.807, 2.05) is 0 Å². The molecule has 1 aromatic heterocycles. The van der Waals surface area contributed by atoms with Crippen LogP contribution >= 0.6 is 11.6 Å². The number of hydrogen-bond acceptors (Lipinski definition) is 4. The van der Waals surface area contributed by atoms with Gasteiger partial charge in [0.2, 0.25) is 5.91 Å². The number of aromatic nitrogens is 1. The van der Waals surface area contributed by atoms with Crippen molar-refractivity contribution in [3.8, 4) is 0 Å². The molecule has 0 bridgehead atoms. The third kappa shape index (κ3) is 2.70. The van der Waals surface area contributed by atoms with Crippen LogP contribution in [0.5, 0.6) is 0 Å². The molecular formula is C11H13ClFN3O2. The van der Waals surface area contributed by atoms with E-state index in [9.17, 15) is 9.18 Å². The lowest BCUT2D eigenvalue weighted by molar-refractivity contribution is -0.134. The molecule has 5 nitrogen and oxygen atoms in total. The number of amides is 1. The average molecular weight is 274 g/mol. The molecule has 0 unspecified atom stereocenters. The number of halogens is 2. The minimum absolute atomic E-state index is 0.246. The summed E-state index contributed by atoms with van der Waals surface area (Å²) in [6.45, 7) is 1.37. The number of rotatable bonds is 2. The Kier molecular flexibility index (Phi) is 3.98. The second kappa shape index (κ2) is 5.49. The van der Waals surface area contributed by atoms with Crippen LogP contribution in [0.3, 0.4) is 0 Å². The zero-order valence-electron chi connectivity index (χ0n) is 9.64. The Morgan fingerprint density at radius 1 is 1.44 bits per heavy atom. The number of piperazine rings is 1. The Hall–Kier alpha value is -1.40. The molecule has 18 heavy (non-hydrogen) atoms. The van der Waals surface area contributed by atoms with Gasteiger partial charge in [-0.25, -0.2) is 9.37 Å². The maximum absolute atomic E-state index is 13.6. The number of carbonyl (C=O) groups is 1. The maximum atomic E-state index is 13.6. The van der Waals surface area contributed by atoms with Crippen LogP contribution < -0.4 is 4.90 Å². The molecule has 0 aromatic carbocycles. The van der Waals surface area contributed by atoms with Gasteiger partial charge in [0, 0.05) is 32.4 Å². The molecule has 1 aliphatic heterocycles. The first-order valence-corrected chi connectivity index (χ1v) is 5.94. The van der Waals surface area contributed by atoms with Crippen LogP contribution in [-0.4, -0.2) is 53.7 Å². The number of carbonyl (C=O) groups excluding carboxylic acids is 1. The Morgan fingerprint density at radius 2 is 2.11 bits per heavy atom. The average Bonchev–Trinajstić information content (AvgIpc) is 2.38. The van der Waals surface area contributed by atoms with E-state index in [0.717, 1.165) is 0 Å². The molecule has 0 atom stereocenters. The molecule has 1 amide bonds. The number of aliphatic hydroxyl groups excluding tert-OH is 1. The second-order valence-corrected chi connectivity index (χ2v) is 4.42. The molecule has 1 N–H and O–H groups in total. The molecule has 1 saturated heterocycles. The van der Waals surface area contributed by atoms with Crippen LogP contribution in [0.4, 0.5) is 10.2 Å². The molecule has 0 radical (unpaired) electrons. The zero-order valence-corrected chi connectivity index (χ0v) is 10.4. The fourth-order valence-corrected chi connectivity index (χ4v) is 2.05. The van der Waals surface area contributed by atoms with Gasteiger partial charge in [-0.2, -0.15) is 0 Å². The number of nitrogens with zero attached hydrogens (tertiary/aromatic N) is 3. The first-order valence-electron chi connectivity index (χ1n) is 5.56. The standard InChI is InChI=1S/C11H13ClFN3O2/c12-8-5-9(13)11(14-6-8)16-3-1-15(2-4-16)10(18)7-17/h5-6,17H,1-4,7H2. The Bertz CT molecular complexity index is 450. The van der Waals surface area contributed by atoms with Crippen molar-refractivity contribution in [1.82, 2.24) is 9.88 Å². The van der Waals surface area contributed by atoms with Crippen LogP contribution in [0.15, 0.2) is 12.3 Å². The van der Waals surface area contributed by atoms with Crippen molar-refractivity contribution in [3.63, 3.8) is 0 Å². The lowest BCUT2D eigenvalue weighted by Crippen LogP contribution is -2.50. The van der Waals surface area contributed by atoms with E-state index < -0.39 is 12.4 Å². The number of hydrogen-bond donors (Lipinski definition) is 1. The summed E-state index contributed by atoms with van der Waals surface area (Å²) >= 11 is 5.64. The fourth-order valence-electron chi connectivity index (χ4n) is 1.91. The van der Waals surface area contributed by atoms with Crippen LogP contribution in [0.1, 0.15) is 0 Å². The van der Waals surface area contributed by atoms with Gasteiger partial charge in [0.05, 0.1) is 5.02 Å². The Labute approximate surface area is 109 Å². The van der Waals surface area contributed by atoms with Gasteiger partial charge < -0.3 is 14.9 Å². The molecule has 1 aromatic rings. The van der Waals surface area contributed by atoms with Crippen molar-refractivity contribution in [2.75, 3.05) is 37.7 Å². The summed E-state index contributed by atoms with van der Waals surface area (Å²) in [6, 6.07) is 1.22. The van der Waals surface area contributed by atoms with E-state index in [1.165, 1.54) is 12.3 Å². The molecule has 98 valence electrons. The highest BCUT2D eigenvalue weighted by molar-refractivity contribution is 6.30. The molecule has 0 spiro atoms. The normalized spacial score (nSPS) is 15.9. The topological polar surface area (TPSA) is 56.7 Å². The van der Waals surface area contributed by atoms with Gasteiger partial charge >= 0.3 is 0 Å². The SMILES string of the molecule is O=C(CO)N1CCN(c2ncc(Cl)cc2F)CC1. The van der Waals surface area contributed by atoms with Crippen LogP contribution in [0, 0.1) is 5.82 Å². The van der Waals surface area contributed by atoms with Gasteiger partial charge in [-0.3, -0.25) is 4.79 Å². The van der Waals surface area contributed by atoms with E-state index in [2.05, 4.69) is 4.98 Å². The predicted molar refractivity (Wildman–Crippen MR) is 65.1 cm³/mol. The van der Waals surface area contributed by atoms with Crippen LogP contribution in [-0.2, 0) is 4.79 Å². The fraction of sp³-hybridized carbons (Fsp3) is 0.455. The van der Waals surface area contributed by atoms with Gasteiger partial charge in [-0.1, -0.05) is 11.6 Å². The number of aliphatic hydroxyl groups is 1. The second-order valence-electron chi connectivity index (χ2n) is 3.98. The highest BCUT2D eigenvalue weighted by atomic mass is 35.5. The van der Waals surface area contributed by atoms with Crippen molar-refractivity contribution < 1.29 is 14.3 Å².